The molecule has 96 valence electrons. The summed E-state index contributed by atoms with van der Waals surface area (Å²) in [6, 6.07) is 0.217. The third-order valence-corrected chi connectivity index (χ3v) is 2.77. The van der Waals surface area contributed by atoms with Crippen molar-refractivity contribution in [2.45, 2.75) is 45.7 Å². The molecule has 0 bridgehead atoms. The number of carbonyl (C=O) groups is 1. The third kappa shape index (κ3) is 10.1. The van der Waals surface area contributed by atoms with Gasteiger partial charge in [-0.3, -0.25) is 9.00 Å². The number of hydrogen-bond donors (Lipinski definition) is 2. The lowest BCUT2D eigenvalue weighted by Crippen LogP contribution is -2.46. The van der Waals surface area contributed by atoms with Gasteiger partial charge in [0.25, 0.3) is 0 Å². The average molecular weight is 248 g/mol. The lowest BCUT2D eigenvalue weighted by molar-refractivity contribution is -0.121. The van der Waals surface area contributed by atoms with E-state index in [2.05, 4.69) is 10.6 Å². The van der Waals surface area contributed by atoms with E-state index in [1.807, 2.05) is 27.7 Å². The van der Waals surface area contributed by atoms with Gasteiger partial charge in [-0.15, -0.1) is 0 Å². The lowest BCUT2D eigenvalue weighted by atomic mass is 10.1. The van der Waals surface area contributed by atoms with E-state index in [4.69, 9.17) is 0 Å². The predicted molar refractivity (Wildman–Crippen MR) is 68.9 cm³/mol. The van der Waals surface area contributed by atoms with E-state index in [9.17, 15) is 9.00 Å². The van der Waals surface area contributed by atoms with E-state index in [0.717, 1.165) is 6.42 Å². The minimum Gasteiger partial charge on any atom is -0.350 e. The molecule has 0 radical (unpaired) electrons. The number of carbonyl (C=O) groups excluding carboxylic acids is 1. The predicted octanol–water partition coefficient (Wildman–Crippen LogP) is 0.648. The Balaban J connectivity index is 3.71. The maximum Gasteiger partial charge on any atom is 0.234 e. The van der Waals surface area contributed by atoms with E-state index in [1.54, 1.807) is 6.26 Å². The second-order valence-electron chi connectivity index (χ2n) is 5.15. The Morgan fingerprint density at radius 1 is 1.38 bits per heavy atom. The van der Waals surface area contributed by atoms with Gasteiger partial charge in [0.15, 0.2) is 0 Å². The van der Waals surface area contributed by atoms with Crippen molar-refractivity contribution < 1.29 is 9.00 Å². The van der Waals surface area contributed by atoms with Gasteiger partial charge in [-0.05, 0) is 34.1 Å². The molecule has 0 aliphatic heterocycles. The highest BCUT2D eigenvalue weighted by atomic mass is 32.2. The molecular formula is C11H24N2O2S. The van der Waals surface area contributed by atoms with Gasteiger partial charge in [0, 0.05) is 34.4 Å². The molecule has 0 aliphatic rings. The highest BCUT2D eigenvalue weighted by Gasteiger charge is 2.13. The van der Waals surface area contributed by atoms with Crippen LogP contribution >= 0.6 is 0 Å². The van der Waals surface area contributed by atoms with Gasteiger partial charge in [-0.1, -0.05) is 0 Å². The molecule has 5 heteroatoms. The van der Waals surface area contributed by atoms with E-state index < -0.39 is 10.8 Å². The first kappa shape index (κ1) is 15.6. The fourth-order valence-electron chi connectivity index (χ4n) is 1.17. The Kier molecular flexibility index (Phi) is 6.83. The zero-order valence-electron chi connectivity index (χ0n) is 10.9. The zero-order valence-corrected chi connectivity index (χ0v) is 11.7. The molecule has 1 amide bonds. The number of amides is 1. The van der Waals surface area contributed by atoms with Gasteiger partial charge in [-0.2, -0.15) is 0 Å². The Hall–Kier alpha value is -0.420. The second-order valence-corrected chi connectivity index (χ2v) is 6.70. The molecule has 2 atom stereocenters. The summed E-state index contributed by atoms with van der Waals surface area (Å²) in [6.45, 7) is 8.17. The molecule has 4 nitrogen and oxygen atoms in total. The first-order chi connectivity index (χ1) is 7.20. The topological polar surface area (TPSA) is 58.2 Å². The quantitative estimate of drug-likeness (QED) is 0.725. The summed E-state index contributed by atoms with van der Waals surface area (Å²) < 4.78 is 10.9. The maximum atomic E-state index is 11.5. The molecule has 0 aromatic carbocycles. The third-order valence-electron chi connectivity index (χ3n) is 1.96. The highest BCUT2D eigenvalue weighted by molar-refractivity contribution is 7.84. The van der Waals surface area contributed by atoms with Crippen LogP contribution in [0.3, 0.4) is 0 Å². The smallest absolute Gasteiger partial charge is 0.234 e. The summed E-state index contributed by atoms with van der Waals surface area (Å²) in [4.78, 5) is 11.5. The number of rotatable bonds is 6. The summed E-state index contributed by atoms with van der Waals surface area (Å²) in [7, 11) is -0.757. The van der Waals surface area contributed by atoms with Crippen molar-refractivity contribution in [1.82, 2.24) is 10.6 Å². The minimum absolute atomic E-state index is 0.00280. The van der Waals surface area contributed by atoms with Crippen LogP contribution in [0.15, 0.2) is 0 Å². The standard InChI is InChI=1S/C11H24N2O2S/c1-9(6-7-16(5)15)12-8-10(14)13-11(2,3)4/h9,12H,6-8H2,1-5H3,(H,13,14). The molecule has 0 aromatic heterocycles. The van der Waals surface area contributed by atoms with Crippen molar-refractivity contribution in [3.63, 3.8) is 0 Å². The Labute approximate surface area is 101 Å². The van der Waals surface area contributed by atoms with Crippen molar-refractivity contribution in [2.24, 2.45) is 0 Å². The largest absolute Gasteiger partial charge is 0.350 e. The Bertz CT molecular complexity index is 249. The average Bonchev–Trinajstić information content (AvgIpc) is 2.08. The van der Waals surface area contributed by atoms with Crippen LogP contribution in [0.4, 0.5) is 0 Å². The molecule has 0 spiro atoms. The van der Waals surface area contributed by atoms with Crippen LogP contribution in [0, 0.1) is 0 Å². The summed E-state index contributed by atoms with van der Waals surface area (Å²) in [5, 5.41) is 5.99. The summed E-state index contributed by atoms with van der Waals surface area (Å²) in [6.07, 6.45) is 2.52. The van der Waals surface area contributed by atoms with E-state index in [1.165, 1.54) is 0 Å². The Morgan fingerprint density at radius 3 is 2.38 bits per heavy atom. The van der Waals surface area contributed by atoms with Crippen molar-refractivity contribution in [1.29, 1.82) is 0 Å². The highest BCUT2D eigenvalue weighted by Crippen LogP contribution is 1.97. The summed E-state index contributed by atoms with van der Waals surface area (Å²) >= 11 is 0. The second kappa shape index (κ2) is 7.01. The molecule has 2 N–H and O–H groups in total. The molecule has 0 aromatic rings. The molecule has 0 fully saturated rings. The zero-order chi connectivity index (χ0) is 12.8. The first-order valence-corrected chi connectivity index (χ1v) is 7.28. The van der Waals surface area contributed by atoms with Crippen LogP contribution in [-0.2, 0) is 15.6 Å². The van der Waals surface area contributed by atoms with Crippen molar-refractivity contribution in [3.05, 3.63) is 0 Å². The normalized spacial score (nSPS) is 15.6. The van der Waals surface area contributed by atoms with Crippen LogP contribution in [0.5, 0.6) is 0 Å². The van der Waals surface area contributed by atoms with Gasteiger partial charge >= 0.3 is 0 Å². The van der Waals surface area contributed by atoms with E-state index >= 15 is 0 Å². The molecule has 0 aliphatic carbocycles. The summed E-state index contributed by atoms with van der Waals surface area (Å²) in [5.74, 6) is 0.673. The van der Waals surface area contributed by atoms with Gasteiger partial charge in [0.2, 0.25) is 5.91 Å². The molecule has 0 rings (SSSR count). The van der Waals surface area contributed by atoms with Crippen molar-refractivity contribution in [3.8, 4) is 0 Å². The molecule has 0 saturated carbocycles. The molecule has 0 heterocycles. The van der Waals surface area contributed by atoms with Crippen LogP contribution in [0.25, 0.3) is 0 Å². The van der Waals surface area contributed by atoms with Crippen molar-refractivity contribution >= 4 is 16.7 Å². The summed E-state index contributed by atoms with van der Waals surface area (Å²) in [5.41, 5.74) is -0.188. The molecule has 16 heavy (non-hydrogen) atoms. The van der Waals surface area contributed by atoms with E-state index in [-0.39, 0.29) is 17.5 Å². The number of hydrogen-bond acceptors (Lipinski definition) is 3. The fraction of sp³-hybridized carbons (Fsp3) is 0.909. The van der Waals surface area contributed by atoms with E-state index in [0.29, 0.717) is 12.3 Å². The van der Waals surface area contributed by atoms with Gasteiger partial charge in [0.1, 0.15) is 0 Å². The lowest BCUT2D eigenvalue weighted by Gasteiger charge is -2.21. The maximum absolute atomic E-state index is 11.5. The van der Waals surface area contributed by atoms with Gasteiger partial charge < -0.3 is 10.6 Å². The van der Waals surface area contributed by atoms with Gasteiger partial charge in [0.05, 0.1) is 6.54 Å². The van der Waals surface area contributed by atoms with Crippen molar-refractivity contribution in [2.75, 3.05) is 18.6 Å². The van der Waals surface area contributed by atoms with Gasteiger partial charge in [-0.25, -0.2) is 0 Å². The van der Waals surface area contributed by atoms with Crippen LogP contribution in [0.2, 0.25) is 0 Å². The van der Waals surface area contributed by atoms with Crippen LogP contribution in [0.1, 0.15) is 34.1 Å². The molecule has 0 saturated heterocycles. The fourth-order valence-corrected chi connectivity index (χ4v) is 1.86. The minimum atomic E-state index is -0.757. The molecule has 2 unspecified atom stereocenters. The van der Waals surface area contributed by atoms with Crippen LogP contribution in [-0.4, -0.2) is 40.3 Å². The molecular weight excluding hydrogens is 224 g/mol. The SMILES string of the molecule is CC(CCS(C)=O)NCC(=O)NC(C)(C)C. The number of nitrogens with one attached hydrogen (secondary N) is 2. The van der Waals surface area contributed by atoms with Crippen LogP contribution < -0.4 is 10.6 Å². The first-order valence-electron chi connectivity index (χ1n) is 5.55. The Morgan fingerprint density at radius 2 is 1.94 bits per heavy atom. The monoisotopic (exact) mass is 248 g/mol.